The first kappa shape index (κ1) is 14.8. The molecule has 0 aliphatic heterocycles. The zero-order valence-electron chi connectivity index (χ0n) is 13.7. The fourth-order valence-corrected chi connectivity index (χ4v) is 2.63. The smallest absolute Gasteiger partial charge is 0.0179 e. The molecule has 0 fully saturated rings. The lowest BCUT2D eigenvalue weighted by Gasteiger charge is -2.18. The lowest BCUT2D eigenvalue weighted by Crippen LogP contribution is -2.08. The van der Waals surface area contributed by atoms with Gasteiger partial charge in [-0.25, -0.2) is 0 Å². The van der Waals surface area contributed by atoms with E-state index in [0.29, 0.717) is 5.41 Å². The summed E-state index contributed by atoms with van der Waals surface area (Å²) in [6.45, 7) is 13.4. The Hall–Kier alpha value is -1.56. The Balaban J connectivity index is 2.31. The van der Waals surface area contributed by atoms with E-state index in [1.807, 2.05) is 0 Å². The van der Waals surface area contributed by atoms with Crippen LogP contribution in [-0.4, -0.2) is 0 Å². The molecule has 0 aliphatic rings. The second-order valence-corrected chi connectivity index (χ2v) is 7.17. The van der Waals surface area contributed by atoms with Gasteiger partial charge in [-0.3, -0.25) is 0 Å². The lowest BCUT2D eigenvalue weighted by atomic mass is 9.87. The van der Waals surface area contributed by atoms with Crippen LogP contribution < -0.4 is 0 Å². The normalized spacial score (nSPS) is 11.7. The SMILES string of the molecule is Cc1cc(-c2ccc(CC(C)(C)C)cc2)cc(C)c1C. The molecule has 0 radical (unpaired) electrons. The second-order valence-electron chi connectivity index (χ2n) is 7.17. The van der Waals surface area contributed by atoms with Gasteiger partial charge in [0.15, 0.2) is 0 Å². The van der Waals surface area contributed by atoms with E-state index in [2.05, 4.69) is 77.9 Å². The molecular weight excluding hydrogens is 240 g/mol. The largest absolute Gasteiger partial charge is 0.0599 e. The Morgan fingerprint density at radius 1 is 0.750 bits per heavy atom. The topological polar surface area (TPSA) is 0 Å². The maximum absolute atomic E-state index is 2.29. The summed E-state index contributed by atoms with van der Waals surface area (Å²) in [5.41, 5.74) is 8.55. The van der Waals surface area contributed by atoms with E-state index in [0.717, 1.165) is 6.42 Å². The minimum Gasteiger partial charge on any atom is -0.0599 e. The van der Waals surface area contributed by atoms with Gasteiger partial charge in [0, 0.05) is 0 Å². The Morgan fingerprint density at radius 2 is 1.25 bits per heavy atom. The number of hydrogen-bond donors (Lipinski definition) is 0. The third-order valence-electron chi connectivity index (χ3n) is 3.95. The van der Waals surface area contributed by atoms with Crippen molar-refractivity contribution in [1.82, 2.24) is 0 Å². The molecule has 0 aliphatic carbocycles. The molecule has 2 aromatic rings. The van der Waals surface area contributed by atoms with E-state index >= 15 is 0 Å². The van der Waals surface area contributed by atoms with Crippen molar-refractivity contribution in [1.29, 1.82) is 0 Å². The summed E-state index contributed by atoms with van der Waals surface area (Å²) >= 11 is 0. The Morgan fingerprint density at radius 3 is 1.70 bits per heavy atom. The van der Waals surface area contributed by atoms with E-state index in [-0.39, 0.29) is 0 Å². The molecule has 106 valence electrons. The molecule has 20 heavy (non-hydrogen) atoms. The summed E-state index contributed by atoms with van der Waals surface area (Å²) < 4.78 is 0. The molecule has 0 nitrogen and oxygen atoms in total. The minimum absolute atomic E-state index is 0.346. The van der Waals surface area contributed by atoms with Crippen LogP contribution in [0.2, 0.25) is 0 Å². The van der Waals surface area contributed by atoms with E-state index in [9.17, 15) is 0 Å². The molecule has 0 spiro atoms. The summed E-state index contributed by atoms with van der Waals surface area (Å²) in [6, 6.07) is 13.6. The van der Waals surface area contributed by atoms with E-state index in [1.165, 1.54) is 33.4 Å². The van der Waals surface area contributed by atoms with Gasteiger partial charge >= 0.3 is 0 Å². The zero-order chi connectivity index (χ0) is 14.9. The summed E-state index contributed by atoms with van der Waals surface area (Å²) in [5.74, 6) is 0. The molecule has 0 saturated heterocycles. The zero-order valence-corrected chi connectivity index (χ0v) is 13.7. The monoisotopic (exact) mass is 266 g/mol. The molecule has 0 N–H and O–H groups in total. The van der Waals surface area contributed by atoms with Crippen LogP contribution in [0.4, 0.5) is 0 Å². The van der Waals surface area contributed by atoms with Gasteiger partial charge in [0.2, 0.25) is 0 Å². The Bertz CT molecular complexity index is 572. The highest BCUT2D eigenvalue weighted by atomic mass is 14.2. The molecule has 0 atom stereocenters. The van der Waals surface area contributed by atoms with Gasteiger partial charge < -0.3 is 0 Å². The van der Waals surface area contributed by atoms with Crippen molar-refractivity contribution in [2.24, 2.45) is 5.41 Å². The fraction of sp³-hybridized carbons (Fsp3) is 0.400. The molecule has 0 bridgehead atoms. The first-order chi connectivity index (χ1) is 9.26. The quantitative estimate of drug-likeness (QED) is 0.638. The van der Waals surface area contributed by atoms with Crippen molar-refractivity contribution in [3.8, 4) is 11.1 Å². The number of aryl methyl sites for hydroxylation is 2. The van der Waals surface area contributed by atoms with Crippen molar-refractivity contribution < 1.29 is 0 Å². The van der Waals surface area contributed by atoms with Crippen LogP contribution in [-0.2, 0) is 6.42 Å². The molecule has 2 rings (SSSR count). The predicted molar refractivity (Wildman–Crippen MR) is 89.2 cm³/mol. The molecule has 0 amide bonds. The third kappa shape index (κ3) is 3.50. The maximum Gasteiger partial charge on any atom is -0.0179 e. The summed E-state index contributed by atoms with van der Waals surface area (Å²) in [7, 11) is 0. The Kier molecular flexibility index (Phi) is 4.04. The van der Waals surface area contributed by atoms with E-state index in [1.54, 1.807) is 0 Å². The minimum atomic E-state index is 0.346. The number of rotatable bonds is 2. The van der Waals surface area contributed by atoms with Crippen LogP contribution in [0.1, 0.15) is 43.0 Å². The first-order valence-electron chi connectivity index (χ1n) is 7.43. The van der Waals surface area contributed by atoms with Gasteiger partial charge in [0.25, 0.3) is 0 Å². The Labute approximate surface area is 123 Å². The lowest BCUT2D eigenvalue weighted by molar-refractivity contribution is 0.411. The fourth-order valence-electron chi connectivity index (χ4n) is 2.63. The highest BCUT2D eigenvalue weighted by Crippen LogP contribution is 2.27. The standard InChI is InChI=1S/C20H26/c1-14-11-19(12-15(2)16(14)3)18-9-7-17(8-10-18)13-20(4,5)6/h7-12H,13H2,1-6H3. The molecule has 0 unspecified atom stereocenters. The molecular formula is C20H26. The van der Waals surface area contributed by atoms with Gasteiger partial charge in [-0.1, -0.05) is 57.2 Å². The van der Waals surface area contributed by atoms with Crippen LogP contribution >= 0.6 is 0 Å². The van der Waals surface area contributed by atoms with E-state index < -0.39 is 0 Å². The van der Waals surface area contributed by atoms with Gasteiger partial charge in [0.05, 0.1) is 0 Å². The van der Waals surface area contributed by atoms with E-state index in [4.69, 9.17) is 0 Å². The van der Waals surface area contributed by atoms with Gasteiger partial charge in [-0.05, 0) is 66.0 Å². The average Bonchev–Trinajstić information content (AvgIpc) is 2.34. The van der Waals surface area contributed by atoms with Crippen LogP contribution in [0.3, 0.4) is 0 Å². The van der Waals surface area contributed by atoms with Crippen molar-refractivity contribution in [3.05, 3.63) is 58.7 Å². The van der Waals surface area contributed by atoms with Crippen molar-refractivity contribution in [2.45, 2.75) is 48.0 Å². The molecule has 0 saturated carbocycles. The second kappa shape index (κ2) is 5.44. The van der Waals surface area contributed by atoms with Crippen molar-refractivity contribution in [2.75, 3.05) is 0 Å². The molecule has 0 aromatic heterocycles. The van der Waals surface area contributed by atoms with Crippen LogP contribution in [0.25, 0.3) is 11.1 Å². The van der Waals surface area contributed by atoms with Crippen LogP contribution in [0.15, 0.2) is 36.4 Å². The molecule has 0 heteroatoms. The summed E-state index contributed by atoms with van der Waals surface area (Å²) in [6.07, 6.45) is 1.12. The van der Waals surface area contributed by atoms with Crippen LogP contribution in [0.5, 0.6) is 0 Å². The molecule has 0 heterocycles. The third-order valence-corrected chi connectivity index (χ3v) is 3.95. The van der Waals surface area contributed by atoms with Crippen LogP contribution in [0, 0.1) is 26.2 Å². The number of benzene rings is 2. The maximum atomic E-state index is 2.29. The highest BCUT2D eigenvalue weighted by Gasteiger charge is 2.11. The number of hydrogen-bond acceptors (Lipinski definition) is 0. The van der Waals surface area contributed by atoms with Crippen molar-refractivity contribution >= 4 is 0 Å². The summed E-state index contributed by atoms with van der Waals surface area (Å²) in [4.78, 5) is 0. The highest BCUT2D eigenvalue weighted by molar-refractivity contribution is 5.66. The van der Waals surface area contributed by atoms with Crippen molar-refractivity contribution in [3.63, 3.8) is 0 Å². The first-order valence-corrected chi connectivity index (χ1v) is 7.43. The average molecular weight is 266 g/mol. The summed E-state index contributed by atoms with van der Waals surface area (Å²) in [5, 5.41) is 0. The van der Waals surface area contributed by atoms with Gasteiger partial charge in [-0.15, -0.1) is 0 Å². The van der Waals surface area contributed by atoms with Gasteiger partial charge in [0.1, 0.15) is 0 Å². The molecule has 2 aromatic carbocycles. The predicted octanol–water partition coefficient (Wildman–Crippen LogP) is 5.87. The van der Waals surface area contributed by atoms with Gasteiger partial charge in [-0.2, -0.15) is 0 Å².